The number of aryl methyl sites for hydroxylation is 1. The average Bonchev–Trinajstić information content (AvgIpc) is 3.12. The predicted octanol–water partition coefficient (Wildman–Crippen LogP) is 4.95. The summed E-state index contributed by atoms with van der Waals surface area (Å²) in [6.07, 6.45) is 1.35. The fraction of sp³-hybridized carbons (Fsp3) is 0.200. The van der Waals surface area contributed by atoms with Crippen LogP contribution in [0.3, 0.4) is 0 Å². The maximum Gasteiger partial charge on any atom is 0.256 e. The molecule has 0 unspecified atom stereocenters. The highest BCUT2D eigenvalue weighted by atomic mass is 79.9. The van der Waals surface area contributed by atoms with Crippen LogP contribution in [-0.2, 0) is 6.42 Å². The first kappa shape index (κ1) is 18.3. The first-order valence-corrected chi connectivity index (χ1v) is 9.05. The van der Waals surface area contributed by atoms with Crippen molar-refractivity contribution in [3.05, 3.63) is 76.2 Å². The number of hydrogen-bond acceptors (Lipinski definition) is 3. The van der Waals surface area contributed by atoms with E-state index in [0.717, 1.165) is 17.0 Å². The van der Waals surface area contributed by atoms with Gasteiger partial charge in [0.05, 0.1) is 5.56 Å². The van der Waals surface area contributed by atoms with Gasteiger partial charge in [-0.15, -0.1) is 0 Å². The first-order valence-electron chi connectivity index (χ1n) is 8.26. The Hall–Kier alpha value is -2.47. The highest BCUT2D eigenvalue weighted by Crippen LogP contribution is 2.20. The normalized spacial score (nSPS) is 10.7. The largest absolute Gasteiger partial charge is 0.361 e. The molecule has 0 radical (unpaired) electrons. The van der Waals surface area contributed by atoms with E-state index < -0.39 is 5.82 Å². The second kappa shape index (κ2) is 8.27. The third-order valence-corrected chi connectivity index (χ3v) is 4.54. The van der Waals surface area contributed by atoms with Gasteiger partial charge >= 0.3 is 0 Å². The molecule has 0 aliphatic carbocycles. The van der Waals surface area contributed by atoms with Crippen molar-refractivity contribution in [2.75, 3.05) is 13.6 Å². The van der Waals surface area contributed by atoms with E-state index in [9.17, 15) is 9.18 Å². The van der Waals surface area contributed by atoms with Gasteiger partial charge in [-0.2, -0.15) is 0 Å². The Labute approximate surface area is 159 Å². The summed E-state index contributed by atoms with van der Waals surface area (Å²) in [5, 5.41) is 4.08. The van der Waals surface area contributed by atoms with Gasteiger partial charge in [-0.3, -0.25) is 4.79 Å². The summed E-state index contributed by atoms with van der Waals surface area (Å²) in [5.41, 5.74) is 1.86. The van der Waals surface area contributed by atoms with Crippen LogP contribution in [0.15, 0.2) is 63.6 Å². The maximum atomic E-state index is 13.8. The summed E-state index contributed by atoms with van der Waals surface area (Å²) in [7, 11) is 1.67. The van der Waals surface area contributed by atoms with Gasteiger partial charge in [0.25, 0.3) is 5.91 Å². The van der Waals surface area contributed by atoms with Crippen molar-refractivity contribution in [3.8, 4) is 11.3 Å². The summed E-state index contributed by atoms with van der Waals surface area (Å²) < 4.78 is 19.9. The molecule has 0 bridgehead atoms. The number of carbonyl (C=O) groups excluding carboxylic acids is 1. The molecule has 0 saturated carbocycles. The lowest BCUT2D eigenvalue weighted by molar-refractivity contribution is 0.0788. The van der Waals surface area contributed by atoms with Crippen LogP contribution in [0.4, 0.5) is 4.39 Å². The molecule has 0 spiro atoms. The third-order valence-electron chi connectivity index (χ3n) is 4.05. The average molecular weight is 417 g/mol. The molecule has 4 nitrogen and oxygen atoms in total. The van der Waals surface area contributed by atoms with Crippen molar-refractivity contribution >= 4 is 21.8 Å². The second-order valence-corrected chi connectivity index (χ2v) is 6.91. The fourth-order valence-electron chi connectivity index (χ4n) is 2.63. The molecular formula is C20H18BrFN2O2. The Bertz CT molecular complexity index is 896. The lowest BCUT2D eigenvalue weighted by Gasteiger charge is -2.17. The summed E-state index contributed by atoms with van der Waals surface area (Å²) in [6, 6.07) is 16.1. The minimum absolute atomic E-state index is 0.0629. The van der Waals surface area contributed by atoms with Crippen molar-refractivity contribution in [3.63, 3.8) is 0 Å². The van der Waals surface area contributed by atoms with Crippen LogP contribution >= 0.6 is 15.9 Å². The second-order valence-electron chi connectivity index (χ2n) is 6.00. The van der Waals surface area contributed by atoms with Crippen molar-refractivity contribution in [2.24, 2.45) is 0 Å². The molecule has 1 heterocycles. The molecule has 26 heavy (non-hydrogen) atoms. The molecule has 0 N–H and O–H groups in total. The fourth-order valence-corrected chi connectivity index (χ4v) is 3.00. The zero-order valence-corrected chi connectivity index (χ0v) is 15.9. The predicted molar refractivity (Wildman–Crippen MR) is 101 cm³/mol. The van der Waals surface area contributed by atoms with Crippen LogP contribution in [0.2, 0.25) is 0 Å². The molecule has 1 aromatic heterocycles. The molecular weight excluding hydrogens is 399 g/mol. The SMILES string of the molecule is CN(CCCc1cc(-c2ccccc2)no1)C(=O)c1cc(Br)ccc1F. The standard InChI is InChI=1S/C20H18BrFN2O2/c1-24(20(25)17-12-15(21)9-10-18(17)22)11-5-8-16-13-19(23-26-16)14-6-3-2-4-7-14/h2-4,6-7,9-10,12-13H,5,8,11H2,1H3. The molecule has 3 aromatic rings. The zero-order chi connectivity index (χ0) is 18.5. The quantitative estimate of drug-likeness (QED) is 0.570. The maximum absolute atomic E-state index is 13.8. The van der Waals surface area contributed by atoms with Crippen molar-refractivity contribution in [1.29, 1.82) is 0 Å². The summed E-state index contributed by atoms with van der Waals surface area (Å²) in [6.45, 7) is 0.492. The van der Waals surface area contributed by atoms with E-state index in [0.29, 0.717) is 23.9 Å². The molecule has 1 amide bonds. The van der Waals surface area contributed by atoms with Crippen LogP contribution < -0.4 is 0 Å². The number of nitrogens with zero attached hydrogens (tertiary/aromatic N) is 2. The number of aromatic nitrogens is 1. The number of hydrogen-bond donors (Lipinski definition) is 0. The van der Waals surface area contributed by atoms with Crippen LogP contribution in [0.1, 0.15) is 22.5 Å². The molecule has 0 aliphatic rings. The molecule has 0 saturated heterocycles. The van der Waals surface area contributed by atoms with E-state index in [2.05, 4.69) is 21.1 Å². The Morgan fingerprint density at radius 2 is 1.96 bits per heavy atom. The topological polar surface area (TPSA) is 46.3 Å². The first-order chi connectivity index (χ1) is 12.5. The molecule has 0 atom stereocenters. The van der Waals surface area contributed by atoms with Gasteiger partial charge in [-0.1, -0.05) is 51.4 Å². The lowest BCUT2D eigenvalue weighted by atomic mass is 10.1. The molecule has 2 aromatic carbocycles. The van der Waals surface area contributed by atoms with E-state index in [1.807, 2.05) is 36.4 Å². The van der Waals surface area contributed by atoms with Crippen LogP contribution in [0.25, 0.3) is 11.3 Å². The highest BCUT2D eigenvalue weighted by molar-refractivity contribution is 9.10. The van der Waals surface area contributed by atoms with Gasteiger partial charge in [-0.05, 0) is 24.6 Å². The van der Waals surface area contributed by atoms with Crippen molar-refractivity contribution < 1.29 is 13.7 Å². The molecule has 0 aliphatic heterocycles. The summed E-state index contributed by atoms with van der Waals surface area (Å²) in [4.78, 5) is 13.9. The van der Waals surface area contributed by atoms with E-state index in [4.69, 9.17) is 4.52 Å². The Kier molecular flexibility index (Phi) is 5.83. The van der Waals surface area contributed by atoms with Gasteiger partial charge in [-0.25, -0.2) is 4.39 Å². The van der Waals surface area contributed by atoms with Gasteiger partial charge in [0.2, 0.25) is 0 Å². The molecule has 134 valence electrons. The minimum atomic E-state index is -0.521. The smallest absolute Gasteiger partial charge is 0.256 e. The van der Waals surface area contributed by atoms with Crippen LogP contribution in [0.5, 0.6) is 0 Å². The number of halogens is 2. The lowest BCUT2D eigenvalue weighted by Crippen LogP contribution is -2.28. The van der Waals surface area contributed by atoms with Crippen molar-refractivity contribution in [2.45, 2.75) is 12.8 Å². The monoisotopic (exact) mass is 416 g/mol. The van der Waals surface area contributed by atoms with Gasteiger partial charge in [0, 0.05) is 36.1 Å². The Balaban J connectivity index is 1.55. The highest BCUT2D eigenvalue weighted by Gasteiger charge is 2.16. The molecule has 6 heteroatoms. The Morgan fingerprint density at radius 1 is 1.19 bits per heavy atom. The van der Waals surface area contributed by atoms with Gasteiger partial charge in [0.1, 0.15) is 17.3 Å². The van der Waals surface area contributed by atoms with E-state index in [-0.39, 0.29) is 11.5 Å². The zero-order valence-electron chi connectivity index (χ0n) is 14.3. The molecule has 3 rings (SSSR count). The number of benzene rings is 2. The van der Waals surface area contributed by atoms with E-state index in [1.54, 1.807) is 13.1 Å². The summed E-state index contributed by atoms with van der Waals surface area (Å²) >= 11 is 3.26. The van der Waals surface area contributed by atoms with Gasteiger partial charge < -0.3 is 9.42 Å². The van der Waals surface area contributed by atoms with E-state index >= 15 is 0 Å². The number of amides is 1. The Morgan fingerprint density at radius 3 is 2.73 bits per heavy atom. The third kappa shape index (κ3) is 4.38. The van der Waals surface area contributed by atoms with Crippen LogP contribution in [-0.4, -0.2) is 29.6 Å². The molecule has 0 fully saturated rings. The summed E-state index contributed by atoms with van der Waals surface area (Å²) in [5.74, 6) is -0.0996. The van der Waals surface area contributed by atoms with Crippen LogP contribution in [0, 0.1) is 5.82 Å². The van der Waals surface area contributed by atoms with Crippen molar-refractivity contribution in [1.82, 2.24) is 10.1 Å². The van der Waals surface area contributed by atoms with E-state index in [1.165, 1.54) is 17.0 Å². The van der Waals surface area contributed by atoms with Gasteiger partial charge in [0.15, 0.2) is 0 Å². The number of carbonyl (C=O) groups is 1. The minimum Gasteiger partial charge on any atom is -0.361 e. The number of rotatable bonds is 6.